The van der Waals surface area contributed by atoms with E-state index < -0.39 is 10.0 Å². The highest BCUT2D eigenvalue weighted by Crippen LogP contribution is 2.18. The minimum absolute atomic E-state index is 0.0516. The number of carbonyl (C=O) groups is 1. The SMILES string of the molecule is NS(=O)(=O)C[C@@H]1CCN(C(=O)NCCN2CCc3ccccc3C2)C1. The Morgan fingerprint density at radius 2 is 2.00 bits per heavy atom. The Balaban J connectivity index is 1.39. The van der Waals surface area contributed by atoms with Gasteiger partial charge in [0.1, 0.15) is 0 Å². The van der Waals surface area contributed by atoms with Gasteiger partial charge >= 0.3 is 6.03 Å². The molecule has 3 rings (SSSR count). The third-order valence-electron chi connectivity index (χ3n) is 4.96. The average molecular weight is 366 g/mol. The first kappa shape index (κ1) is 18.2. The number of nitrogens with zero attached hydrogens (tertiary/aromatic N) is 2. The number of sulfonamides is 1. The monoisotopic (exact) mass is 366 g/mol. The largest absolute Gasteiger partial charge is 0.337 e. The van der Waals surface area contributed by atoms with Crippen molar-refractivity contribution in [2.45, 2.75) is 19.4 Å². The number of hydrogen-bond acceptors (Lipinski definition) is 4. The van der Waals surface area contributed by atoms with Crippen molar-refractivity contribution in [3.63, 3.8) is 0 Å². The second-order valence-electron chi connectivity index (χ2n) is 6.96. The topological polar surface area (TPSA) is 95.7 Å². The Morgan fingerprint density at radius 1 is 1.24 bits per heavy atom. The number of nitrogens with two attached hydrogens (primary N) is 1. The van der Waals surface area contributed by atoms with E-state index in [-0.39, 0.29) is 17.7 Å². The van der Waals surface area contributed by atoms with Crippen LogP contribution in [0.3, 0.4) is 0 Å². The minimum Gasteiger partial charge on any atom is -0.337 e. The third-order valence-corrected chi connectivity index (χ3v) is 5.89. The zero-order valence-electron chi connectivity index (χ0n) is 14.4. The first-order valence-corrected chi connectivity index (χ1v) is 10.4. The summed E-state index contributed by atoms with van der Waals surface area (Å²) in [6.45, 7) is 4.38. The molecule has 25 heavy (non-hydrogen) atoms. The summed E-state index contributed by atoms with van der Waals surface area (Å²) in [5, 5.41) is 8.03. The van der Waals surface area contributed by atoms with Crippen LogP contribution in [-0.2, 0) is 23.0 Å². The molecule has 1 fully saturated rings. The lowest BCUT2D eigenvalue weighted by Crippen LogP contribution is -2.43. The summed E-state index contributed by atoms with van der Waals surface area (Å²) in [7, 11) is -3.48. The number of amides is 2. The van der Waals surface area contributed by atoms with E-state index in [0.29, 0.717) is 26.1 Å². The van der Waals surface area contributed by atoms with E-state index in [0.717, 1.165) is 26.1 Å². The van der Waals surface area contributed by atoms with Gasteiger partial charge in [-0.1, -0.05) is 24.3 Å². The highest BCUT2D eigenvalue weighted by Gasteiger charge is 2.28. The molecule has 1 saturated heterocycles. The first-order valence-electron chi connectivity index (χ1n) is 8.73. The number of rotatable bonds is 5. The van der Waals surface area contributed by atoms with E-state index >= 15 is 0 Å². The molecule has 0 aromatic heterocycles. The summed E-state index contributed by atoms with van der Waals surface area (Å²) < 4.78 is 22.3. The molecule has 8 heteroatoms. The number of nitrogens with one attached hydrogen (secondary N) is 1. The van der Waals surface area contributed by atoms with Gasteiger partial charge in [0.15, 0.2) is 0 Å². The number of primary sulfonamides is 1. The van der Waals surface area contributed by atoms with Gasteiger partial charge in [-0.25, -0.2) is 18.4 Å². The summed E-state index contributed by atoms with van der Waals surface area (Å²) in [6.07, 6.45) is 1.73. The highest BCUT2D eigenvalue weighted by atomic mass is 32.2. The number of fused-ring (bicyclic) bond motifs is 1. The van der Waals surface area contributed by atoms with E-state index in [1.54, 1.807) is 4.90 Å². The molecular weight excluding hydrogens is 340 g/mol. The van der Waals surface area contributed by atoms with Crippen LogP contribution in [0.15, 0.2) is 24.3 Å². The van der Waals surface area contributed by atoms with E-state index in [4.69, 9.17) is 5.14 Å². The Bertz CT molecular complexity index is 722. The van der Waals surface area contributed by atoms with E-state index in [2.05, 4.69) is 34.5 Å². The normalized spacial score (nSPS) is 21.2. The molecule has 1 atom stereocenters. The van der Waals surface area contributed by atoms with Gasteiger partial charge in [-0.15, -0.1) is 0 Å². The molecular formula is C17H26N4O3S. The van der Waals surface area contributed by atoms with E-state index in [1.807, 2.05) is 0 Å². The zero-order valence-corrected chi connectivity index (χ0v) is 15.2. The minimum atomic E-state index is -3.48. The first-order chi connectivity index (χ1) is 11.9. The second kappa shape index (κ2) is 7.72. The molecule has 138 valence electrons. The smallest absolute Gasteiger partial charge is 0.317 e. The van der Waals surface area contributed by atoms with Crippen molar-refractivity contribution in [3.05, 3.63) is 35.4 Å². The van der Waals surface area contributed by atoms with Crippen LogP contribution in [-0.4, -0.2) is 62.7 Å². The molecule has 2 aliphatic heterocycles. The lowest BCUT2D eigenvalue weighted by molar-refractivity contribution is 0.202. The highest BCUT2D eigenvalue weighted by molar-refractivity contribution is 7.89. The van der Waals surface area contributed by atoms with Crippen molar-refractivity contribution >= 4 is 16.1 Å². The molecule has 2 heterocycles. The molecule has 0 bridgehead atoms. The molecule has 7 nitrogen and oxygen atoms in total. The van der Waals surface area contributed by atoms with Gasteiger partial charge in [-0.05, 0) is 29.9 Å². The van der Waals surface area contributed by atoms with Gasteiger partial charge in [0.05, 0.1) is 5.75 Å². The van der Waals surface area contributed by atoms with Gasteiger partial charge in [-0.2, -0.15) is 0 Å². The van der Waals surface area contributed by atoms with E-state index in [1.165, 1.54) is 11.1 Å². The number of urea groups is 1. The Kier molecular flexibility index (Phi) is 5.61. The maximum Gasteiger partial charge on any atom is 0.317 e. The van der Waals surface area contributed by atoms with Crippen LogP contribution in [0.25, 0.3) is 0 Å². The fourth-order valence-corrected chi connectivity index (χ4v) is 4.59. The van der Waals surface area contributed by atoms with Crippen LogP contribution < -0.4 is 10.5 Å². The lowest BCUT2D eigenvalue weighted by Gasteiger charge is -2.29. The van der Waals surface area contributed by atoms with Gasteiger partial charge in [0, 0.05) is 39.3 Å². The predicted octanol–water partition coefficient (Wildman–Crippen LogP) is 0.365. The van der Waals surface area contributed by atoms with Crippen molar-refractivity contribution in [1.82, 2.24) is 15.1 Å². The van der Waals surface area contributed by atoms with Crippen LogP contribution >= 0.6 is 0 Å². The van der Waals surface area contributed by atoms with Crippen LogP contribution in [0, 0.1) is 5.92 Å². The molecule has 1 aromatic rings. The number of benzene rings is 1. The van der Waals surface area contributed by atoms with Crippen molar-refractivity contribution < 1.29 is 13.2 Å². The van der Waals surface area contributed by atoms with Gasteiger partial charge in [0.25, 0.3) is 0 Å². The Labute approximate surface area is 149 Å². The van der Waals surface area contributed by atoms with Gasteiger partial charge in [0.2, 0.25) is 10.0 Å². The van der Waals surface area contributed by atoms with Crippen molar-refractivity contribution in [2.75, 3.05) is 38.5 Å². The molecule has 2 amide bonds. The van der Waals surface area contributed by atoms with Crippen LogP contribution in [0.1, 0.15) is 17.5 Å². The predicted molar refractivity (Wildman–Crippen MR) is 96.5 cm³/mol. The van der Waals surface area contributed by atoms with Gasteiger partial charge in [-0.3, -0.25) is 4.90 Å². The second-order valence-corrected chi connectivity index (χ2v) is 8.62. The van der Waals surface area contributed by atoms with Crippen LogP contribution in [0.2, 0.25) is 0 Å². The average Bonchev–Trinajstić information content (AvgIpc) is 3.01. The quantitative estimate of drug-likeness (QED) is 0.787. The van der Waals surface area contributed by atoms with Crippen molar-refractivity contribution in [3.8, 4) is 0 Å². The summed E-state index contributed by atoms with van der Waals surface area (Å²) in [4.78, 5) is 16.2. The lowest BCUT2D eigenvalue weighted by atomic mass is 10.00. The summed E-state index contributed by atoms with van der Waals surface area (Å²) >= 11 is 0. The van der Waals surface area contributed by atoms with Crippen molar-refractivity contribution in [1.29, 1.82) is 0 Å². The number of carbonyl (C=O) groups excluding carboxylic acids is 1. The summed E-state index contributed by atoms with van der Waals surface area (Å²) in [6, 6.07) is 8.37. The molecule has 3 N–H and O–H groups in total. The Morgan fingerprint density at radius 3 is 2.76 bits per heavy atom. The van der Waals surface area contributed by atoms with Crippen molar-refractivity contribution in [2.24, 2.45) is 11.1 Å². The Hall–Kier alpha value is -1.64. The molecule has 2 aliphatic rings. The maximum atomic E-state index is 12.2. The fourth-order valence-electron chi connectivity index (χ4n) is 3.66. The standard InChI is InChI=1S/C17H26N4O3S/c18-25(23,24)13-14-5-9-21(11-14)17(22)19-7-10-20-8-6-15-3-1-2-4-16(15)12-20/h1-4,14H,5-13H2,(H,19,22)(H2,18,23,24)/t14-/m1/s1. The number of likely N-dealkylation sites (tertiary alicyclic amines) is 1. The molecule has 0 radical (unpaired) electrons. The van der Waals surface area contributed by atoms with Gasteiger partial charge < -0.3 is 10.2 Å². The molecule has 1 aromatic carbocycles. The fraction of sp³-hybridized carbons (Fsp3) is 0.588. The van der Waals surface area contributed by atoms with E-state index in [9.17, 15) is 13.2 Å². The zero-order chi connectivity index (χ0) is 17.9. The summed E-state index contributed by atoms with van der Waals surface area (Å²) in [5.41, 5.74) is 2.78. The maximum absolute atomic E-state index is 12.2. The molecule has 0 spiro atoms. The molecule has 0 aliphatic carbocycles. The summed E-state index contributed by atoms with van der Waals surface area (Å²) in [5.74, 6) is -0.108. The molecule has 0 saturated carbocycles. The van der Waals surface area contributed by atoms with Crippen LogP contribution in [0.5, 0.6) is 0 Å². The van der Waals surface area contributed by atoms with Crippen LogP contribution in [0.4, 0.5) is 4.79 Å². The third kappa shape index (κ3) is 5.17. The number of hydrogen-bond donors (Lipinski definition) is 2. The molecule has 0 unspecified atom stereocenters.